The van der Waals surface area contributed by atoms with Crippen molar-refractivity contribution in [3.63, 3.8) is 0 Å². The molecule has 0 spiro atoms. The van der Waals surface area contributed by atoms with E-state index < -0.39 is 0 Å². The molecular weight excluding hydrogens is 679 g/mol. The van der Waals surface area contributed by atoms with Crippen molar-refractivity contribution in [2.75, 3.05) is 0 Å². The monoisotopic (exact) mass is 730 g/mol. The third kappa shape index (κ3) is 4.90. The molecule has 0 N–H and O–H groups in total. The predicted molar refractivity (Wildman–Crippen MR) is 167 cm³/mol. The zero-order valence-corrected chi connectivity index (χ0v) is 29.3. The van der Waals surface area contributed by atoms with Gasteiger partial charge >= 0.3 is 252 Å². The molecule has 212 valence electrons. The number of rotatable bonds is 6. The van der Waals surface area contributed by atoms with E-state index >= 15 is 0 Å². The van der Waals surface area contributed by atoms with Gasteiger partial charge in [-0.25, -0.2) is 0 Å². The molecule has 4 aliphatic carbocycles. The summed E-state index contributed by atoms with van der Waals surface area (Å²) in [5.41, 5.74) is 6.63. The maximum absolute atomic E-state index is 3.49. The van der Waals surface area contributed by atoms with E-state index in [1.54, 1.807) is 11.1 Å². The van der Waals surface area contributed by atoms with E-state index in [2.05, 4.69) is 137 Å². The van der Waals surface area contributed by atoms with Gasteiger partial charge < -0.3 is 0 Å². The molecule has 0 radical (unpaired) electrons. The first-order valence-electron chi connectivity index (χ1n) is 15.0. The van der Waals surface area contributed by atoms with Gasteiger partial charge in [-0.15, -0.1) is 0 Å². The molecule has 6 rings (SSSR count). The van der Waals surface area contributed by atoms with Crippen LogP contribution in [0.15, 0.2) is 48.5 Å². The van der Waals surface area contributed by atoms with Crippen molar-refractivity contribution in [3.8, 4) is 0 Å². The van der Waals surface area contributed by atoms with E-state index in [9.17, 15) is 0 Å². The van der Waals surface area contributed by atoms with Crippen LogP contribution in [0.2, 0.25) is 0 Å². The predicted octanol–water partition coefficient (Wildman–Crippen LogP) is 9.99. The van der Waals surface area contributed by atoms with Crippen LogP contribution in [0.25, 0.3) is 0 Å². The van der Waals surface area contributed by atoms with Crippen molar-refractivity contribution in [1.82, 2.24) is 0 Å². The van der Waals surface area contributed by atoms with Gasteiger partial charge in [-0.1, -0.05) is 0 Å². The molecule has 4 unspecified atom stereocenters. The Morgan fingerprint density at radius 3 is 1.76 bits per heavy atom. The third-order valence-corrected chi connectivity index (χ3v) is 15.6. The molecule has 4 fully saturated rings. The first kappa shape index (κ1) is 29.5. The number of hydrogen-bond acceptors (Lipinski definition) is 0. The Bertz CT molecular complexity index is 1100. The van der Waals surface area contributed by atoms with E-state index in [4.69, 9.17) is 0 Å². The van der Waals surface area contributed by atoms with E-state index in [1.807, 2.05) is 0 Å². The summed E-state index contributed by atoms with van der Waals surface area (Å²) >= 11 is 3.19. The van der Waals surface area contributed by atoms with E-state index in [0.717, 1.165) is 24.2 Å². The van der Waals surface area contributed by atoms with Crippen LogP contribution in [0, 0.1) is 34.0 Å². The summed E-state index contributed by atoms with van der Waals surface area (Å²) in [5, 5.41) is -0.0539. The van der Waals surface area contributed by atoms with Crippen LogP contribution in [0.3, 0.4) is 0 Å². The second-order valence-corrected chi connectivity index (χ2v) is 20.1. The Hall–Kier alpha value is 0.0403. The van der Waals surface area contributed by atoms with Gasteiger partial charge in [0.1, 0.15) is 0 Å². The zero-order valence-electron chi connectivity index (χ0n) is 24.8. The molecule has 0 nitrogen and oxygen atoms in total. The maximum atomic E-state index is 3.49. The van der Waals surface area contributed by atoms with Crippen molar-refractivity contribution in [3.05, 3.63) is 70.8 Å². The summed E-state index contributed by atoms with van der Waals surface area (Å²) in [6, 6.07) is 18.7. The van der Waals surface area contributed by atoms with Gasteiger partial charge in [0.05, 0.1) is 0 Å². The van der Waals surface area contributed by atoms with Crippen LogP contribution in [0.4, 0.5) is 0 Å². The third-order valence-electron chi connectivity index (χ3n) is 10.9. The molecule has 4 atom stereocenters. The van der Waals surface area contributed by atoms with Crippen molar-refractivity contribution in [2.45, 2.75) is 108 Å². The fraction of sp³-hybridized carbons (Fsp3) is 0.657. The molecule has 38 heavy (non-hydrogen) atoms. The first-order valence-corrected chi connectivity index (χ1v) is 17.2. The molecule has 2 aromatic rings. The average Bonchev–Trinajstić information content (AvgIpc) is 2.81. The SMILES string of the molecule is CC(Cc1ccccc1)c1ccc(C(P)(C(C)(C)C)C(C)(C)C)c([C](P)([Au])C23CC4CC(CC(C4)C2)C3)c1. The van der Waals surface area contributed by atoms with Crippen LogP contribution in [-0.4, -0.2) is 0 Å². The summed E-state index contributed by atoms with van der Waals surface area (Å²) < 4.78 is 0.0130. The van der Waals surface area contributed by atoms with Crippen LogP contribution < -0.4 is 0 Å². The zero-order chi connectivity index (χ0) is 27.7. The quantitative estimate of drug-likeness (QED) is 0.205. The standard InChI is InChI=1S/C35H51P2.Au/c1-23(15-24-11-9-8-10-12-24)28-13-14-30(35(37,32(2,3)4)33(5,6)7)29(19-28)31(36)34-20-25-16-26(21-34)18-27(17-25)22-34;/h8-14,19,23,25-27H,15-18,20-22,36-37H2,1-7H3;. The summed E-state index contributed by atoms with van der Waals surface area (Å²) in [6.07, 6.45) is 9.81. The number of benzene rings is 2. The molecule has 3 heteroatoms. The summed E-state index contributed by atoms with van der Waals surface area (Å²) in [6.45, 7) is 17.1. The fourth-order valence-electron chi connectivity index (χ4n) is 9.33. The van der Waals surface area contributed by atoms with Gasteiger partial charge in [0, 0.05) is 0 Å². The Balaban J connectivity index is 1.66. The van der Waals surface area contributed by atoms with Gasteiger partial charge in [-0.05, 0) is 0 Å². The van der Waals surface area contributed by atoms with E-state index in [1.165, 1.54) is 49.7 Å². The molecule has 0 saturated heterocycles. The molecule has 4 saturated carbocycles. The Labute approximate surface area is 251 Å². The second-order valence-electron chi connectivity index (χ2n) is 15.6. The van der Waals surface area contributed by atoms with E-state index in [0.29, 0.717) is 11.3 Å². The molecule has 0 aliphatic heterocycles. The van der Waals surface area contributed by atoms with Crippen molar-refractivity contribution in [2.24, 2.45) is 34.0 Å². The van der Waals surface area contributed by atoms with E-state index in [-0.39, 0.29) is 19.4 Å². The molecule has 0 amide bonds. The normalized spacial score (nSPS) is 29.8. The van der Waals surface area contributed by atoms with Gasteiger partial charge in [-0.2, -0.15) is 0 Å². The van der Waals surface area contributed by atoms with Gasteiger partial charge in [0.15, 0.2) is 0 Å². The first-order chi connectivity index (χ1) is 17.6. The molecule has 4 aliphatic rings. The molecule has 0 aromatic heterocycles. The molecule has 4 bridgehead atoms. The van der Waals surface area contributed by atoms with Crippen LogP contribution >= 0.6 is 18.5 Å². The summed E-state index contributed by atoms with van der Waals surface area (Å²) in [5.74, 6) is 3.32. The molecular formula is C35H51AuP2. The van der Waals surface area contributed by atoms with Crippen LogP contribution in [0.5, 0.6) is 0 Å². The van der Waals surface area contributed by atoms with Crippen molar-refractivity contribution >= 4 is 18.5 Å². The average molecular weight is 731 g/mol. The topological polar surface area (TPSA) is 0 Å². The van der Waals surface area contributed by atoms with Crippen LogP contribution in [-0.2, 0) is 36.0 Å². The Kier molecular flexibility index (Phi) is 7.84. The minimum absolute atomic E-state index is 0.0130. The minimum atomic E-state index is -0.0539. The molecule has 2 aromatic carbocycles. The van der Waals surface area contributed by atoms with Gasteiger partial charge in [0.2, 0.25) is 0 Å². The molecule has 0 heterocycles. The van der Waals surface area contributed by atoms with Crippen molar-refractivity contribution in [1.29, 1.82) is 0 Å². The fourth-order valence-corrected chi connectivity index (χ4v) is 11.3. The summed E-state index contributed by atoms with van der Waals surface area (Å²) in [4.78, 5) is 0. The number of hydrogen-bond donors (Lipinski definition) is 0. The Morgan fingerprint density at radius 1 is 0.789 bits per heavy atom. The van der Waals surface area contributed by atoms with Crippen molar-refractivity contribution < 1.29 is 21.1 Å². The summed E-state index contributed by atoms with van der Waals surface area (Å²) in [7, 11) is 6.91. The Morgan fingerprint density at radius 2 is 1.29 bits per heavy atom. The van der Waals surface area contributed by atoms with Gasteiger partial charge in [0.25, 0.3) is 0 Å². The van der Waals surface area contributed by atoms with Crippen LogP contribution in [0.1, 0.15) is 115 Å². The van der Waals surface area contributed by atoms with Gasteiger partial charge in [-0.3, -0.25) is 0 Å². The second kappa shape index (κ2) is 10.1.